The van der Waals surface area contributed by atoms with Gasteiger partial charge in [-0.3, -0.25) is 9.69 Å². The molecule has 0 N–H and O–H groups in total. The summed E-state index contributed by atoms with van der Waals surface area (Å²) in [7, 11) is 1.47. The molecule has 0 aliphatic carbocycles. The van der Waals surface area contributed by atoms with Crippen molar-refractivity contribution in [3.63, 3.8) is 0 Å². The van der Waals surface area contributed by atoms with Gasteiger partial charge in [-0.15, -0.1) is 11.3 Å². The van der Waals surface area contributed by atoms with Crippen LogP contribution in [0.15, 0.2) is 0 Å². The van der Waals surface area contributed by atoms with Gasteiger partial charge in [0.1, 0.15) is 5.01 Å². The molecule has 0 radical (unpaired) electrons. The molecule has 1 aromatic rings. The van der Waals surface area contributed by atoms with Crippen LogP contribution in [0.2, 0.25) is 0 Å². The van der Waals surface area contributed by atoms with Gasteiger partial charge in [-0.2, -0.15) is 0 Å². The van der Waals surface area contributed by atoms with Gasteiger partial charge in [0, 0.05) is 11.4 Å². The van der Waals surface area contributed by atoms with E-state index >= 15 is 0 Å². The first-order valence-electron chi connectivity index (χ1n) is 6.33. The van der Waals surface area contributed by atoms with Gasteiger partial charge in [0.25, 0.3) is 0 Å². The number of carbonyl (C=O) groups excluding carboxylic acids is 1. The van der Waals surface area contributed by atoms with Gasteiger partial charge in [0.2, 0.25) is 0 Å². The normalized spacial score (nSPS) is 20.9. The number of rotatable bonds is 3. The van der Waals surface area contributed by atoms with Crippen LogP contribution in [0.4, 0.5) is 0 Å². The van der Waals surface area contributed by atoms with Gasteiger partial charge in [-0.1, -0.05) is 0 Å². The number of aryl methyl sites for hydroxylation is 2. The van der Waals surface area contributed by atoms with Crippen molar-refractivity contribution in [3.8, 4) is 0 Å². The smallest absolute Gasteiger partial charge is 0.309 e. The highest BCUT2D eigenvalue weighted by molar-refractivity contribution is 7.11. The SMILES string of the molecule is COC(=O)C1CCCN(Cc2nc(C)c(C)s2)C1. The summed E-state index contributed by atoms with van der Waals surface area (Å²) in [5, 5.41) is 1.15. The first kappa shape index (κ1) is 13.5. The van der Waals surface area contributed by atoms with Crippen LogP contribution in [0.1, 0.15) is 28.4 Å². The predicted molar refractivity (Wildman–Crippen MR) is 71.6 cm³/mol. The highest BCUT2D eigenvalue weighted by Crippen LogP contribution is 2.22. The van der Waals surface area contributed by atoms with Gasteiger partial charge < -0.3 is 4.74 Å². The van der Waals surface area contributed by atoms with E-state index < -0.39 is 0 Å². The van der Waals surface area contributed by atoms with Crippen LogP contribution in [0, 0.1) is 19.8 Å². The Bertz CT molecular complexity index is 411. The van der Waals surface area contributed by atoms with Crippen molar-refractivity contribution in [1.29, 1.82) is 0 Å². The molecule has 1 fully saturated rings. The Morgan fingerprint density at radius 1 is 1.56 bits per heavy atom. The molecule has 0 amide bonds. The number of methoxy groups -OCH3 is 1. The molecule has 1 aromatic heterocycles. The summed E-state index contributed by atoms with van der Waals surface area (Å²) in [5.74, 6) is -0.0443. The topological polar surface area (TPSA) is 42.4 Å². The Balaban J connectivity index is 1.95. The van der Waals surface area contributed by atoms with Gasteiger partial charge in [0.15, 0.2) is 0 Å². The number of carbonyl (C=O) groups is 1. The van der Waals surface area contributed by atoms with Crippen LogP contribution in [0.25, 0.3) is 0 Å². The second-order valence-corrected chi connectivity index (χ2v) is 6.13. The van der Waals surface area contributed by atoms with Gasteiger partial charge in [0.05, 0.1) is 25.3 Å². The molecule has 1 unspecified atom stereocenters. The van der Waals surface area contributed by atoms with Crippen LogP contribution in [-0.4, -0.2) is 36.1 Å². The maximum Gasteiger partial charge on any atom is 0.309 e. The zero-order valence-corrected chi connectivity index (χ0v) is 12.0. The third-order valence-corrected chi connectivity index (χ3v) is 4.53. The van der Waals surface area contributed by atoms with E-state index in [1.807, 2.05) is 6.92 Å². The van der Waals surface area contributed by atoms with Crippen molar-refractivity contribution in [2.45, 2.75) is 33.2 Å². The second kappa shape index (κ2) is 5.80. The minimum Gasteiger partial charge on any atom is -0.469 e. The van der Waals surface area contributed by atoms with Gasteiger partial charge >= 0.3 is 5.97 Å². The molecule has 5 heteroatoms. The Labute approximate surface area is 112 Å². The quantitative estimate of drug-likeness (QED) is 0.788. The van der Waals surface area contributed by atoms with E-state index in [1.165, 1.54) is 12.0 Å². The standard InChI is InChI=1S/C13H20N2O2S/c1-9-10(2)18-12(14-9)8-15-6-4-5-11(7-15)13(16)17-3/h11H,4-8H2,1-3H3. The van der Waals surface area contributed by atoms with Crippen molar-refractivity contribution in [3.05, 3.63) is 15.6 Å². The van der Waals surface area contributed by atoms with E-state index in [-0.39, 0.29) is 11.9 Å². The number of esters is 1. The largest absolute Gasteiger partial charge is 0.469 e. The molecule has 1 aliphatic heterocycles. The fourth-order valence-corrected chi connectivity index (χ4v) is 3.33. The Kier molecular flexibility index (Phi) is 4.35. The van der Waals surface area contributed by atoms with Crippen LogP contribution in [-0.2, 0) is 16.1 Å². The maximum absolute atomic E-state index is 11.6. The number of hydrogen-bond acceptors (Lipinski definition) is 5. The monoisotopic (exact) mass is 268 g/mol. The first-order valence-corrected chi connectivity index (χ1v) is 7.15. The fourth-order valence-electron chi connectivity index (χ4n) is 2.36. The van der Waals surface area contributed by atoms with Crippen molar-refractivity contribution in [1.82, 2.24) is 9.88 Å². The van der Waals surface area contributed by atoms with E-state index in [2.05, 4.69) is 16.8 Å². The molecule has 0 bridgehead atoms. The van der Waals surface area contributed by atoms with E-state index in [1.54, 1.807) is 11.3 Å². The van der Waals surface area contributed by atoms with Gasteiger partial charge in [-0.25, -0.2) is 4.98 Å². The maximum atomic E-state index is 11.6. The summed E-state index contributed by atoms with van der Waals surface area (Å²) < 4.78 is 4.83. The zero-order valence-electron chi connectivity index (χ0n) is 11.2. The molecular formula is C13H20N2O2S. The van der Waals surface area contributed by atoms with Crippen molar-refractivity contribution in [2.24, 2.45) is 5.92 Å². The molecule has 18 heavy (non-hydrogen) atoms. The molecule has 2 rings (SSSR count). The Morgan fingerprint density at radius 3 is 2.94 bits per heavy atom. The van der Waals surface area contributed by atoms with Crippen LogP contribution < -0.4 is 0 Å². The van der Waals surface area contributed by atoms with E-state index in [4.69, 9.17) is 4.74 Å². The number of ether oxygens (including phenoxy) is 1. The highest BCUT2D eigenvalue weighted by atomic mass is 32.1. The predicted octanol–water partition coefficient (Wildman–Crippen LogP) is 2.14. The van der Waals surface area contributed by atoms with Crippen molar-refractivity contribution < 1.29 is 9.53 Å². The lowest BCUT2D eigenvalue weighted by Crippen LogP contribution is -2.38. The second-order valence-electron chi connectivity index (χ2n) is 4.85. The summed E-state index contributed by atoms with van der Waals surface area (Å²) in [4.78, 5) is 19.7. The molecule has 0 aromatic carbocycles. The van der Waals surface area contributed by atoms with E-state index in [0.717, 1.165) is 43.2 Å². The molecule has 0 saturated carbocycles. The average Bonchev–Trinajstić information content (AvgIpc) is 2.67. The highest BCUT2D eigenvalue weighted by Gasteiger charge is 2.26. The van der Waals surface area contributed by atoms with Crippen molar-refractivity contribution in [2.75, 3.05) is 20.2 Å². The van der Waals surface area contributed by atoms with Gasteiger partial charge in [-0.05, 0) is 33.2 Å². The Hall–Kier alpha value is -0.940. The lowest BCUT2D eigenvalue weighted by atomic mass is 9.98. The molecule has 2 heterocycles. The third-order valence-electron chi connectivity index (χ3n) is 3.47. The average molecular weight is 268 g/mol. The lowest BCUT2D eigenvalue weighted by molar-refractivity contribution is -0.147. The summed E-state index contributed by atoms with van der Waals surface area (Å²) >= 11 is 1.75. The van der Waals surface area contributed by atoms with Crippen LogP contribution in [0.3, 0.4) is 0 Å². The number of hydrogen-bond donors (Lipinski definition) is 0. The number of likely N-dealkylation sites (tertiary alicyclic amines) is 1. The number of piperidine rings is 1. The summed E-state index contributed by atoms with van der Waals surface area (Å²) in [6.45, 7) is 6.84. The van der Waals surface area contributed by atoms with E-state index in [0.29, 0.717) is 0 Å². The first-order chi connectivity index (χ1) is 8.60. The lowest BCUT2D eigenvalue weighted by Gasteiger charge is -2.30. The Morgan fingerprint density at radius 2 is 2.33 bits per heavy atom. The molecule has 1 aliphatic rings. The summed E-state index contributed by atoms with van der Waals surface area (Å²) in [5.41, 5.74) is 1.12. The molecule has 100 valence electrons. The summed E-state index contributed by atoms with van der Waals surface area (Å²) in [6, 6.07) is 0. The van der Waals surface area contributed by atoms with Crippen LogP contribution in [0.5, 0.6) is 0 Å². The van der Waals surface area contributed by atoms with Crippen molar-refractivity contribution >= 4 is 17.3 Å². The molecule has 0 spiro atoms. The fraction of sp³-hybridized carbons (Fsp3) is 0.692. The number of thiazole rings is 1. The van der Waals surface area contributed by atoms with Crippen LogP contribution >= 0.6 is 11.3 Å². The number of aromatic nitrogens is 1. The molecule has 4 nitrogen and oxygen atoms in total. The molecule has 1 saturated heterocycles. The third kappa shape index (κ3) is 3.09. The summed E-state index contributed by atoms with van der Waals surface area (Å²) in [6.07, 6.45) is 2.00. The molecular weight excluding hydrogens is 248 g/mol. The minimum atomic E-state index is -0.0776. The zero-order chi connectivity index (χ0) is 13.1. The minimum absolute atomic E-state index is 0.0332. The van der Waals surface area contributed by atoms with E-state index in [9.17, 15) is 4.79 Å². The number of nitrogens with zero attached hydrogens (tertiary/aromatic N) is 2. The molecule has 1 atom stereocenters.